The average molecular weight is 339 g/mol. The van der Waals surface area contributed by atoms with Crippen molar-refractivity contribution in [2.45, 2.75) is 46.0 Å². The normalized spacial score (nSPS) is 16.4. The Balaban J connectivity index is 1.65. The smallest absolute Gasteiger partial charge is 0.191 e. The van der Waals surface area contributed by atoms with E-state index < -0.39 is 0 Å². The summed E-state index contributed by atoms with van der Waals surface area (Å²) in [4.78, 5) is 10.1. The number of guanidine groups is 1. The van der Waals surface area contributed by atoms with Crippen molar-refractivity contribution in [3.63, 3.8) is 0 Å². The van der Waals surface area contributed by atoms with Crippen molar-refractivity contribution in [1.29, 1.82) is 0 Å². The first-order valence-corrected chi connectivity index (χ1v) is 9.49. The number of nitrogens with zero attached hydrogens (tertiary/aromatic N) is 2. The fourth-order valence-corrected chi connectivity index (χ4v) is 3.39. The van der Waals surface area contributed by atoms with Crippen LogP contribution < -0.4 is 10.6 Å². The lowest BCUT2D eigenvalue weighted by Crippen LogP contribution is -2.41. The molecule has 1 aliphatic rings. The van der Waals surface area contributed by atoms with E-state index in [1.807, 2.05) is 13.2 Å². The maximum Gasteiger partial charge on any atom is 0.191 e. The largest absolute Gasteiger partial charge is 0.382 e. The van der Waals surface area contributed by atoms with Gasteiger partial charge < -0.3 is 15.4 Å². The highest BCUT2D eigenvalue weighted by Crippen LogP contribution is 2.48. The summed E-state index contributed by atoms with van der Waals surface area (Å²) in [6.45, 7) is 7.74. The molecular formula is C17H30N4OS. The standard InChI is InChI=1S/C17H30N4OS/c1-4-14-12-20-15(23-14)6-10-19-16(18-3)21-13-17(7-8-17)9-11-22-5-2/h12H,4-11,13H2,1-3H3,(H2,18,19,21). The summed E-state index contributed by atoms with van der Waals surface area (Å²) in [6.07, 6.45) is 7.73. The molecule has 2 N–H and O–H groups in total. The Labute approximate surface area is 144 Å². The molecule has 0 spiro atoms. The molecule has 0 saturated heterocycles. The summed E-state index contributed by atoms with van der Waals surface area (Å²) in [5.41, 5.74) is 0.429. The molecule has 1 saturated carbocycles. The molecular weight excluding hydrogens is 308 g/mol. The van der Waals surface area contributed by atoms with Crippen LogP contribution in [0.5, 0.6) is 0 Å². The lowest BCUT2D eigenvalue weighted by Gasteiger charge is -2.18. The molecule has 0 radical (unpaired) electrons. The molecule has 130 valence electrons. The van der Waals surface area contributed by atoms with Crippen molar-refractivity contribution in [3.8, 4) is 0 Å². The number of hydrogen-bond acceptors (Lipinski definition) is 4. The van der Waals surface area contributed by atoms with Gasteiger partial charge in [-0.15, -0.1) is 11.3 Å². The first-order chi connectivity index (χ1) is 11.2. The molecule has 2 rings (SSSR count). The van der Waals surface area contributed by atoms with Crippen LogP contribution in [0.15, 0.2) is 11.2 Å². The van der Waals surface area contributed by atoms with E-state index in [2.05, 4.69) is 34.5 Å². The van der Waals surface area contributed by atoms with E-state index in [9.17, 15) is 0 Å². The third-order valence-electron chi connectivity index (χ3n) is 4.37. The Morgan fingerprint density at radius 1 is 1.39 bits per heavy atom. The van der Waals surface area contributed by atoms with Gasteiger partial charge in [-0.25, -0.2) is 4.98 Å². The van der Waals surface area contributed by atoms with Crippen molar-refractivity contribution in [3.05, 3.63) is 16.1 Å². The summed E-state index contributed by atoms with van der Waals surface area (Å²) in [5.74, 6) is 0.889. The first-order valence-electron chi connectivity index (χ1n) is 8.67. The monoisotopic (exact) mass is 338 g/mol. The molecule has 0 unspecified atom stereocenters. The van der Waals surface area contributed by atoms with Crippen LogP contribution in [0.25, 0.3) is 0 Å². The van der Waals surface area contributed by atoms with Crippen molar-refractivity contribution >= 4 is 17.3 Å². The zero-order chi connectivity index (χ0) is 16.5. The number of nitrogens with one attached hydrogen (secondary N) is 2. The second-order valence-corrected chi connectivity index (χ2v) is 7.32. The Kier molecular flexibility index (Phi) is 7.30. The highest BCUT2D eigenvalue weighted by molar-refractivity contribution is 7.11. The van der Waals surface area contributed by atoms with Crippen LogP contribution in [0.1, 0.15) is 43.0 Å². The topological polar surface area (TPSA) is 58.5 Å². The van der Waals surface area contributed by atoms with Crippen LogP contribution >= 0.6 is 11.3 Å². The predicted molar refractivity (Wildman–Crippen MR) is 97.3 cm³/mol. The summed E-state index contributed by atoms with van der Waals surface area (Å²) in [5, 5.41) is 8.05. The molecule has 1 aromatic rings. The highest BCUT2D eigenvalue weighted by atomic mass is 32.1. The molecule has 0 bridgehead atoms. The van der Waals surface area contributed by atoms with Crippen LogP contribution in [0.3, 0.4) is 0 Å². The number of aryl methyl sites for hydroxylation is 1. The number of rotatable bonds is 10. The molecule has 0 aromatic carbocycles. The van der Waals surface area contributed by atoms with Gasteiger partial charge in [-0.1, -0.05) is 6.92 Å². The zero-order valence-electron chi connectivity index (χ0n) is 14.7. The van der Waals surface area contributed by atoms with Gasteiger partial charge in [-0.2, -0.15) is 0 Å². The van der Waals surface area contributed by atoms with Gasteiger partial charge in [0.2, 0.25) is 0 Å². The second-order valence-electron chi connectivity index (χ2n) is 6.12. The van der Waals surface area contributed by atoms with E-state index in [4.69, 9.17) is 4.74 Å². The van der Waals surface area contributed by atoms with E-state index in [0.717, 1.165) is 51.5 Å². The number of aromatic nitrogens is 1. The van der Waals surface area contributed by atoms with Crippen LogP contribution in [0, 0.1) is 5.41 Å². The van der Waals surface area contributed by atoms with Crippen molar-refractivity contribution < 1.29 is 4.74 Å². The van der Waals surface area contributed by atoms with Gasteiger partial charge in [0, 0.05) is 50.8 Å². The van der Waals surface area contributed by atoms with Crippen molar-refractivity contribution in [1.82, 2.24) is 15.6 Å². The Hall–Kier alpha value is -1.14. The maximum atomic E-state index is 5.49. The van der Waals surface area contributed by atoms with Gasteiger partial charge in [0.25, 0.3) is 0 Å². The van der Waals surface area contributed by atoms with E-state index in [1.54, 1.807) is 11.3 Å². The van der Waals surface area contributed by atoms with E-state index in [1.165, 1.54) is 22.7 Å². The van der Waals surface area contributed by atoms with E-state index >= 15 is 0 Å². The molecule has 1 aliphatic carbocycles. The third kappa shape index (κ3) is 6.11. The van der Waals surface area contributed by atoms with Gasteiger partial charge in [-0.05, 0) is 38.0 Å². The minimum absolute atomic E-state index is 0.429. The average Bonchev–Trinajstić information content (AvgIpc) is 3.18. The SMILES string of the molecule is CCOCCC1(CNC(=NC)NCCc2ncc(CC)s2)CC1. The zero-order valence-corrected chi connectivity index (χ0v) is 15.5. The lowest BCUT2D eigenvalue weighted by atomic mass is 10.0. The first kappa shape index (κ1) is 18.2. The molecule has 0 atom stereocenters. The fourth-order valence-electron chi connectivity index (χ4n) is 2.53. The van der Waals surface area contributed by atoms with Crippen molar-refractivity contribution in [2.75, 3.05) is 33.4 Å². The van der Waals surface area contributed by atoms with Gasteiger partial charge in [0.05, 0.1) is 5.01 Å². The Morgan fingerprint density at radius 3 is 2.83 bits per heavy atom. The fraction of sp³-hybridized carbons (Fsp3) is 0.765. The third-order valence-corrected chi connectivity index (χ3v) is 5.58. The van der Waals surface area contributed by atoms with Gasteiger partial charge in [0.1, 0.15) is 0 Å². The van der Waals surface area contributed by atoms with Crippen LogP contribution in [0.4, 0.5) is 0 Å². The van der Waals surface area contributed by atoms with Gasteiger partial charge in [0.15, 0.2) is 5.96 Å². The summed E-state index contributed by atoms with van der Waals surface area (Å²) in [7, 11) is 1.83. The number of ether oxygens (including phenoxy) is 1. The molecule has 1 fully saturated rings. The summed E-state index contributed by atoms with van der Waals surface area (Å²) in [6, 6.07) is 0. The maximum absolute atomic E-state index is 5.49. The lowest BCUT2D eigenvalue weighted by molar-refractivity contribution is 0.128. The number of hydrogen-bond donors (Lipinski definition) is 2. The molecule has 1 heterocycles. The van der Waals surface area contributed by atoms with Crippen molar-refractivity contribution in [2.24, 2.45) is 10.4 Å². The van der Waals surface area contributed by atoms with Crippen LogP contribution in [-0.2, 0) is 17.6 Å². The Bertz CT molecular complexity index is 497. The quantitative estimate of drug-likeness (QED) is 0.391. The van der Waals surface area contributed by atoms with Crippen LogP contribution in [0.2, 0.25) is 0 Å². The molecule has 0 aliphatic heterocycles. The van der Waals surface area contributed by atoms with Gasteiger partial charge >= 0.3 is 0 Å². The van der Waals surface area contributed by atoms with E-state index in [0.29, 0.717) is 5.41 Å². The summed E-state index contributed by atoms with van der Waals surface area (Å²) >= 11 is 1.81. The molecule has 5 nitrogen and oxygen atoms in total. The molecule has 0 amide bonds. The molecule has 1 aromatic heterocycles. The summed E-state index contributed by atoms with van der Waals surface area (Å²) < 4.78 is 5.49. The molecule has 6 heteroatoms. The minimum Gasteiger partial charge on any atom is -0.382 e. The Morgan fingerprint density at radius 2 is 2.22 bits per heavy atom. The highest BCUT2D eigenvalue weighted by Gasteiger charge is 2.41. The number of thiazole rings is 1. The molecule has 23 heavy (non-hydrogen) atoms. The van der Waals surface area contributed by atoms with Gasteiger partial charge in [-0.3, -0.25) is 4.99 Å². The minimum atomic E-state index is 0.429. The van der Waals surface area contributed by atoms with E-state index in [-0.39, 0.29) is 0 Å². The van der Waals surface area contributed by atoms with Crippen LogP contribution in [-0.4, -0.2) is 44.3 Å². The second kappa shape index (κ2) is 9.23. The number of aliphatic imine (C=N–C) groups is 1. The predicted octanol–water partition coefficient (Wildman–Crippen LogP) is 2.62.